The van der Waals surface area contributed by atoms with Gasteiger partial charge in [-0.2, -0.15) is 0 Å². The largest absolute Gasteiger partial charge is 0.325 e. The van der Waals surface area contributed by atoms with E-state index in [1.165, 1.54) is 11.0 Å². The van der Waals surface area contributed by atoms with Crippen LogP contribution in [0, 0.1) is 12.7 Å². The summed E-state index contributed by atoms with van der Waals surface area (Å²) in [5.74, 6) is -4.05. The zero-order valence-electron chi connectivity index (χ0n) is 19.4. The number of rotatable bonds is 6. The number of hydrogen-bond donors (Lipinski definition) is 1. The number of sulfonamides is 1. The van der Waals surface area contributed by atoms with E-state index in [9.17, 15) is 13.2 Å². The summed E-state index contributed by atoms with van der Waals surface area (Å²) in [6.45, 7) is 1.90. The molecule has 3 fully saturated rings. The van der Waals surface area contributed by atoms with Crippen molar-refractivity contribution in [1.82, 2.24) is 14.5 Å². The van der Waals surface area contributed by atoms with Gasteiger partial charge in [-0.1, -0.05) is 48.0 Å². The maximum atomic E-state index is 15.7. The predicted octanol–water partition coefficient (Wildman–Crippen LogP) is 3.94. The van der Waals surface area contributed by atoms with Gasteiger partial charge in [0.25, 0.3) is 5.92 Å². The molecular weight excluding hydrogens is 479 g/mol. The van der Waals surface area contributed by atoms with Crippen molar-refractivity contribution in [2.75, 3.05) is 19.6 Å². The Kier molecular flexibility index (Phi) is 6.07. The normalized spacial score (nSPS) is 23.9. The first-order chi connectivity index (χ1) is 16.6. The summed E-state index contributed by atoms with van der Waals surface area (Å²) in [7, 11) is -3.97. The van der Waals surface area contributed by atoms with E-state index in [2.05, 4.69) is 4.72 Å². The van der Waals surface area contributed by atoms with Crippen LogP contribution in [0.1, 0.15) is 30.4 Å². The Bertz CT molecular complexity index is 1250. The van der Waals surface area contributed by atoms with E-state index in [1.807, 2.05) is 25.1 Å². The third kappa shape index (κ3) is 4.65. The number of nitrogens with one attached hydrogen (secondary N) is 1. The molecule has 188 valence electrons. The molecule has 6 nitrogen and oxygen atoms in total. The quantitative estimate of drug-likeness (QED) is 0.644. The van der Waals surface area contributed by atoms with Gasteiger partial charge in [0.1, 0.15) is 11.9 Å². The lowest BCUT2D eigenvalue weighted by molar-refractivity contribution is -0.00562. The van der Waals surface area contributed by atoms with E-state index >= 15 is 13.2 Å². The Labute approximate surface area is 203 Å². The highest BCUT2D eigenvalue weighted by Gasteiger charge is 2.58. The average Bonchev–Trinajstić information content (AvgIpc) is 3.58. The van der Waals surface area contributed by atoms with E-state index in [1.54, 1.807) is 18.2 Å². The van der Waals surface area contributed by atoms with Gasteiger partial charge in [0.15, 0.2) is 0 Å². The average molecular weight is 508 g/mol. The van der Waals surface area contributed by atoms with Crippen LogP contribution < -0.4 is 4.72 Å². The van der Waals surface area contributed by atoms with Gasteiger partial charge < -0.3 is 9.80 Å². The van der Waals surface area contributed by atoms with Crippen LogP contribution in [0.15, 0.2) is 42.5 Å². The maximum absolute atomic E-state index is 15.7. The SMILES string of the molecule is Cc1cccc(-c2cccc(C[C@H]3[C@@H](NS(=O)(=O)C4CC4)C(F)(F)CN3C(=O)N3CCC3)c2F)c1. The number of carbonyl (C=O) groups excluding carboxylic acids is 1. The molecule has 2 aromatic rings. The van der Waals surface area contributed by atoms with E-state index in [0.717, 1.165) is 16.9 Å². The summed E-state index contributed by atoms with van der Waals surface area (Å²) < 4.78 is 73.6. The summed E-state index contributed by atoms with van der Waals surface area (Å²) in [5, 5.41) is -0.694. The van der Waals surface area contributed by atoms with Crippen molar-refractivity contribution in [2.24, 2.45) is 0 Å². The lowest BCUT2D eigenvalue weighted by atomic mass is 9.95. The van der Waals surface area contributed by atoms with Crippen molar-refractivity contribution in [2.45, 2.75) is 55.9 Å². The lowest BCUT2D eigenvalue weighted by Gasteiger charge is -2.37. The molecule has 1 aliphatic carbocycles. The molecule has 0 spiro atoms. The highest BCUT2D eigenvalue weighted by molar-refractivity contribution is 7.90. The first-order valence-electron chi connectivity index (χ1n) is 11.9. The first-order valence-corrected chi connectivity index (χ1v) is 13.4. The number of halogens is 3. The molecule has 0 radical (unpaired) electrons. The Morgan fingerprint density at radius 2 is 1.86 bits per heavy atom. The van der Waals surface area contributed by atoms with Crippen LogP contribution in [0.25, 0.3) is 11.1 Å². The van der Waals surface area contributed by atoms with Crippen molar-refractivity contribution in [1.29, 1.82) is 0 Å². The monoisotopic (exact) mass is 507 g/mol. The van der Waals surface area contributed by atoms with Crippen LogP contribution in [0.3, 0.4) is 0 Å². The smallest absolute Gasteiger partial charge is 0.320 e. The van der Waals surface area contributed by atoms with Crippen LogP contribution in [0.5, 0.6) is 0 Å². The van der Waals surface area contributed by atoms with Gasteiger partial charge in [0.05, 0.1) is 17.8 Å². The van der Waals surface area contributed by atoms with E-state index in [0.29, 0.717) is 37.1 Å². The maximum Gasteiger partial charge on any atom is 0.320 e. The summed E-state index contributed by atoms with van der Waals surface area (Å²) in [6, 6.07) is 8.44. The fourth-order valence-electron chi connectivity index (χ4n) is 4.85. The number of aryl methyl sites for hydroxylation is 1. The molecule has 2 aliphatic heterocycles. The second-order valence-corrected chi connectivity index (χ2v) is 11.8. The molecule has 5 rings (SSSR count). The molecule has 1 saturated carbocycles. The molecule has 0 aromatic heterocycles. The van der Waals surface area contributed by atoms with Crippen molar-refractivity contribution in [3.8, 4) is 11.1 Å². The van der Waals surface area contributed by atoms with Gasteiger partial charge in [0.2, 0.25) is 10.0 Å². The molecule has 35 heavy (non-hydrogen) atoms. The lowest BCUT2D eigenvalue weighted by Crippen LogP contribution is -2.55. The van der Waals surface area contributed by atoms with Crippen molar-refractivity contribution in [3.63, 3.8) is 0 Å². The predicted molar refractivity (Wildman–Crippen MR) is 126 cm³/mol. The van der Waals surface area contributed by atoms with Crippen LogP contribution >= 0.6 is 0 Å². The number of carbonyl (C=O) groups is 1. The second kappa shape index (κ2) is 8.81. The van der Waals surface area contributed by atoms with E-state index < -0.39 is 51.7 Å². The van der Waals surface area contributed by atoms with Gasteiger partial charge in [0, 0.05) is 18.7 Å². The van der Waals surface area contributed by atoms with Crippen LogP contribution in [0.4, 0.5) is 18.0 Å². The molecule has 1 N–H and O–H groups in total. The van der Waals surface area contributed by atoms with Gasteiger partial charge in [-0.05, 0) is 43.7 Å². The molecular formula is C25H28F3N3O3S. The summed E-state index contributed by atoms with van der Waals surface area (Å²) in [6.07, 6.45) is 1.38. The van der Waals surface area contributed by atoms with Crippen molar-refractivity contribution >= 4 is 16.1 Å². The van der Waals surface area contributed by atoms with Crippen molar-refractivity contribution in [3.05, 3.63) is 59.4 Å². The minimum atomic E-state index is -3.97. The summed E-state index contributed by atoms with van der Waals surface area (Å²) >= 11 is 0. The number of likely N-dealkylation sites (tertiary alicyclic amines) is 2. The topological polar surface area (TPSA) is 69.7 Å². The first kappa shape index (κ1) is 24.1. The minimum absolute atomic E-state index is 0.156. The Morgan fingerprint density at radius 1 is 1.14 bits per heavy atom. The number of hydrogen-bond acceptors (Lipinski definition) is 3. The van der Waals surface area contributed by atoms with Crippen LogP contribution in [-0.4, -0.2) is 67.1 Å². The minimum Gasteiger partial charge on any atom is -0.325 e. The fraction of sp³-hybridized carbons (Fsp3) is 0.480. The third-order valence-corrected chi connectivity index (χ3v) is 9.02. The number of nitrogens with zero attached hydrogens (tertiary/aromatic N) is 2. The molecule has 0 unspecified atom stereocenters. The Hall–Kier alpha value is -2.59. The van der Waals surface area contributed by atoms with Gasteiger partial charge in [-0.3, -0.25) is 0 Å². The number of urea groups is 1. The highest BCUT2D eigenvalue weighted by atomic mass is 32.2. The Morgan fingerprint density at radius 3 is 2.49 bits per heavy atom. The van der Waals surface area contributed by atoms with Gasteiger partial charge in [-0.25, -0.2) is 31.1 Å². The summed E-state index contributed by atoms with van der Waals surface area (Å²) in [4.78, 5) is 15.5. The number of amides is 2. The zero-order valence-corrected chi connectivity index (χ0v) is 20.2. The highest BCUT2D eigenvalue weighted by Crippen LogP contribution is 2.38. The molecule has 2 amide bonds. The zero-order chi connectivity index (χ0) is 25.0. The van der Waals surface area contributed by atoms with Crippen LogP contribution in [-0.2, 0) is 16.4 Å². The number of benzene rings is 2. The molecule has 10 heteroatoms. The Balaban J connectivity index is 1.50. The van der Waals surface area contributed by atoms with Gasteiger partial charge in [-0.15, -0.1) is 0 Å². The van der Waals surface area contributed by atoms with Crippen molar-refractivity contribution < 1.29 is 26.4 Å². The molecule has 3 aliphatic rings. The second-order valence-electron chi connectivity index (χ2n) is 9.77. The molecule has 2 aromatic carbocycles. The third-order valence-electron chi connectivity index (χ3n) is 7.08. The van der Waals surface area contributed by atoms with E-state index in [4.69, 9.17) is 0 Å². The number of alkyl halides is 2. The van der Waals surface area contributed by atoms with Crippen LogP contribution in [0.2, 0.25) is 0 Å². The molecule has 2 heterocycles. The standard InChI is InChI=1S/C25H28F3N3O3S/c1-16-5-2-6-17(13-16)20-8-3-7-18(22(20)26)14-21-23(29-35(33,34)19-9-10-19)25(27,28)15-31(21)24(32)30-11-4-12-30/h2-3,5-8,13,19,21,23,29H,4,9-12,14-15H2,1H3/t21-,23+/m0/s1. The fourth-order valence-corrected chi connectivity index (χ4v) is 6.48. The van der Waals surface area contributed by atoms with E-state index in [-0.39, 0.29) is 12.0 Å². The summed E-state index contributed by atoms with van der Waals surface area (Å²) in [5.41, 5.74) is 2.08. The molecule has 2 atom stereocenters. The molecule has 0 bridgehead atoms. The van der Waals surface area contributed by atoms with Gasteiger partial charge >= 0.3 is 6.03 Å². The molecule has 2 saturated heterocycles.